The van der Waals surface area contributed by atoms with E-state index in [1.165, 1.54) is 6.07 Å². The molecule has 0 fully saturated rings. The lowest BCUT2D eigenvalue weighted by atomic mass is 10.1. The molecule has 0 bridgehead atoms. The highest BCUT2D eigenvalue weighted by Gasteiger charge is 2.10. The first-order valence-corrected chi connectivity index (χ1v) is 4.86. The van der Waals surface area contributed by atoms with Crippen LogP contribution < -0.4 is 5.32 Å². The molecule has 84 valence electrons. The van der Waals surface area contributed by atoms with Gasteiger partial charge >= 0.3 is 0 Å². The molecule has 2 N–H and O–H groups in total. The van der Waals surface area contributed by atoms with Crippen LogP contribution in [0.1, 0.15) is 25.5 Å². The second-order valence-electron chi connectivity index (χ2n) is 3.65. The van der Waals surface area contributed by atoms with E-state index in [4.69, 9.17) is 5.11 Å². The van der Waals surface area contributed by atoms with Gasteiger partial charge in [0.25, 0.3) is 0 Å². The second kappa shape index (κ2) is 5.19. The number of halogens is 2. The molecule has 0 spiro atoms. The average Bonchev–Trinajstić information content (AvgIpc) is 2.21. The van der Waals surface area contributed by atoms with E-state index in [0.717, 1.165) is 12.1 Å². The molecule has 15 heavy (non-hydrogen) atoms. The molecule has 1 rings (SSSR count). The largest absolute Gasteiger partial charge is 0.395 e. The molecule has 4 heteroatoms. The predicted octanol–water partition coefficient (Wildman–Crippen LogP) is 2.00. The quantitative estimate of drug-likeness (QED) is 0.805. The van der Waals surface area contributed by atoms with Gasteiger partial charge in [-0.3, -0.25) is 0 Å². The molecular weight excluding hydrogens is 200 g/mol. The Morgan fingerprint density at radius 1 is 1.27 bits per heavy atom. The summed E-state index contributed by atoms with van der Waals surface area (Å²) in [6, 6.07) is 3.60. The van der Waals surface area contributed by atoms with E-state index in [9.17, 15) is 8.78 Å². The summed E-state index contributed by atoms with van der Waals surface area (Å²) in [7, 11) is 0. The van der Waals surface area contributed by atoms with E-state index >= 15 is 0 Å². The SMILES string of the molecule is CC(N[C@@H](C)CO)c1ccc(F)c(F)c1. The Hall–Kier alpha value is -1.00. The van der Waals surface area contributed by atoms with Gasteiger partial charge < -0.3 is 10.4 Å². The van der Waals surface area contributed by atoms with Crippen molar-refractivity contribution in [1.29, 1.82) is 0 Å². The molecule has 0 aliphatic rings. The molecule has 0 amide bonds. The van der Waals surface area contributed by atoms with Crippen molar-refractivity contribution in [3.63, 3.8) is 0 Å². The Kier molecular flexibility index (Phi) is 4.17. The predicted molar refractivity (Wildman–Crippen MR) is 54.5 cm³/mol. The zero-order chi connectivity index (χ0) is 11.4. The molecule has 0 radical (unpaired) electrons. The van der Waals surface area contributed by atoms with Crippen LogP contribution in [0.3, 0.4) is 0 Å². The Bertz CT molecular complexity index is 330. The van der Waals surface area contributed by atoms with Crippen molar-refractivity contribution in [1.82, 2.24) is 5.32 Å². The summed E-state index contributed by atoms with van der Waals surface area (Å²) in [5.74, 6) is -1.70. The highest BCUT2D eigenvalue weighted by Crippen LogP contribution is 2.16. The van der Waals surface area contributed by atoms with Crippen LogP contribution in [-0.2, 0) is 0 Å². The van der Waals surface area contributed by atoms with Crippen molar-refractivity contribution in [3.8, 4) is 0 Å². The summed E-state index contributed by atoms with van der Waals surface area (Å²) in [5, 5.41) is 11.9. The molecule has 2 nitrogen and oxygen atoms in total. The number of hydrogen-bond acceptors (Lipinski definition) is 2. The van der Waals surface area contributed by atoms with Crippen LogP contribution in [0, 0.1) is 11.6 Å². The van der Waals surface area contributed by atoms with Crippen molar-refractivity contribution in [2.45, 2.75) is 25.9 Å². The number of hydrogen-bond donors (Lipinski definition) is 2. The number of rotatable bonds is 4. The van der Waals surface area contributed by atoms with E-state index in [1.807, 2.05) is 13.8 Å². The van der Waals surface area contributed by atoms with Crippen molar-refractivity contribution in [3.05, 3.63) is 35.4 Å². The highest BCUT2D eigenvalue weighted by atomic mass is 19.2. The fourth-order valence-electron chi connectivity index (χ4n) is 1.36. The zero-order valence-corrected chi connectivity index (χ0v) is 8.80. The third-order valence-electron chi connectivity index (χ3n) is 2.25. The summed E-state index contributed by atoms with van der Waals surface area (Å²) in [6.45, 7) is 3.66. The van der Waals surface area contributed by atoms with Crippen LogP contribution in [0.15, 0.2) is 18.2 Å². The van der Waals surface area contributed by atoms with Crippen LogP contribution in [0.4, 0.5) is 8.78 Å². The van der Waals surface area contributed by atoms with Crippen molar-refractivity contribution in [2.75, 3.05) is 6.61 Å². The molecule has 0 aliphatic heterocycles. The summed E-state index contributed by atoms with van der Waals surface area (Å²) in [6.07, 6.45) is 0. The molecule has 1 aromatic rings. The molecule has 1 aromatic carbocycles. The van der Waals surface area contributed by atoms with Gasteiger partial charge in [0.2, 0.25) is 0 Å². The number of aliphatic hydroxyl groups excluding tert-OH is 1. The average molecular weight is 215 g/mol. The lowest BCUT2D eigenvalue weighted by molar-refractivity contribution is 0.243. The maximum Gasteiger partial charge on any atom is 0.159 e. The van der Waals surface area contributed by atoms with Crippen LogP contribution >= 0.6 is 0 Å². The standard InChI is InChI=1S/C11H15F2NO/c1-7(6-15)14-8(2)9-3-4-10(12)11(13)5-9/h3-5,7-8,14-15H,6H2,1-2H3/t7-,8?/m0/s1. The van der Waals surface area contributed by atoms with E-state index in [0.29, 0.717) is 5.56 Å². The van der Waals surface area contributed by atoms with Gasteiger partial charge in [0.1, 0.15) is 0 Å². The first-order chi connectivity index (χ1) is 7.04. The molecule has 0 aromatic heterocycles. The highest BCUT2D eigenvalue weighted by molar-refractivity contribution is 5.20. The van der Waals surface area contributed by atoms with E-state index < -0.39 is 11.6 Å². The molecule has 0 heterocycles. The molecule has 0 aliphatic carbocycles. The van der Waals surface area contributed by atoms with Crippen molar-refractivity contribution < 1.29 is 13.9 Å². The van der Waals surface area contributed by atoms with E-state index in [-0.39, 0.29) is 18.7 Å². The lowest BCUT2D eigenvalue weighted by Gasteiger charge is -2.18. The summed E-state index contributed by atoms with van der Waals surface area (Å²) < 4.78 is 25.6. The molecule has 0 saturated heterocycles. The summed E-state index contributed by atoms with van der Waals surface area (Å²) in [4.78, 5) is 0. The van der Waals surface area contributed by atoms with Gasteiger partial charge in [-0.05, 0) is 31.5 Å². The van der Waals surface area contributed by atoms with Gasteiger partial charge in [-0.1, -0.05) is 6.07 Å². The van der Waals surface area contributed by atoms with Gasteiger partial charge in [-0.2, -0.15) is 0 Å². The Balaban J connectivity index is 2.73. The van der Waals surface area contributed by atoms with E-state index in [1.54, 1.807) is 0 Å². The van der Waals surface area contributed by atoms with E-state index in [2.05, 4.69) is 5.32 Å². The fraction of sp³-hybridized carbons (Fsp3) is 0.455. The van der Waals surface area contributed by atoms with Gasteiger partial charge in [-0.15, -0.1) is 0 Å². The first kappa shape index (κ1) is 12.1. The van der Waals surface area contributed by atoms with Gasteiger partial charge in [0.15, 0.2) is 11.6 Å². The minimum Gasteiger partial charge on any atom is -0.395 e. The van der Waals surface area contributed by atoms with Gasteiger partial charge in [0, 0.05) is 12.1 Å². The topological polar surface area (TPSA) is 32.3 Å². The fourth-order valence-corrected chi connectivity index (χ4v) is 1.36. The van der Waals surface area contributed by atoms with Crippen LogP contribution in [-0.4, -0.2) is 17.8 Å². The summed E-state index contributed by atoms with van der Waals surface area (Å²) >= 11 is 0. The Morgan fingerprint density at radius 3 is 2.47 bits per heavy atom. The monoisotopic (exact) mass is 215 g/mol. The maximum atomic E-state index is 12.9. The minimum absolute atomic E-state index is 0.00795. The van der Waals surface area contributed by atoms with Crippen molar-refractivity contribution >= 4 is 0 Å². The van der Waals surface area contributed by atoms with Crippen molar-refractivity contribution in [2.24, 2.45) is 0 Å². The molecule has 1 unspecified atom stereocenters. The lowest BCUT2D eigenvalue weighted by Crippen LogP contribution is -2.31. The molecule has 0 saturated carbocycles. The smallest absolute Gasteiger partial charge is 0.159 e. The minimum atomic E-state index is -0.849. The van der Waals surface area contributed by atoms with Crippen LogP contribution in [0.5, 0.6) is 0 Å². The number of aliphatic hydroxyl groups is 1. The summed E-state index contributed by atoms with van der Waals surface area (Å²) in [5.41, 5.74) is 0.661. The maximum absolute atomic E-state index is 12.9. The third-order valence-corrected chi connectivity index (χ3v) is 2.25. The van der Waals surface area contributed by atoms with Crippen LogP contribution in [0.2, 0.25) is 0 Å². The van der Waals surface area contributed by atoms with Gasteiger partial charge in [-0.25, -0.2) is 8.78 Å². The third kappa shape index (κ3) is 3.25. The Labute approximate surface area is 87.9 Å². The first-order valence-electron chi connectivity index (χ1n) is 4.86. The normalized spacial score (nSPS) is 15.0. The van der Waals surface area contributed by atoms with Gasteiger partial charge in [0.05, 0.1) is 6.61 Å². The second-order valence-corrected chi connectivity index (χ2v) is 3.65. The molecule has 2 atom stereocenters. The number of nitrogens with one attached hydrogen (secondary N) is 1. The Morgan fingerprint density at radius 2 is 1.93 bits per heavy atom. The number of benzene rings is 1. The zero-order valence-electron chi connectivity index (χ0n) is 8.80. The van der Waals surface area contributed by atoms with Crippen LogP contribution in [0.25, 0.3) is 0 Å². The molecular formula is C11H15F2NO.